The second kappa shape index (κ2) is 9.32. The molecule has 0 spiro atoms. The number of amides is 1. The molecule has 1 amide bonds. The highest BCUT2D eigenvalue weighted by Gasteiger charge is 2.23. The van der Waals surface area contributed by atoms with E-state index in [-0.39, 0.29) is 23.6 Å². The Morgan fingerprint density at radius 1 is 1.03 bits per heavy atom. The van der Waals surface area contributed by atoms with E-state index in [1.165, 1.54) is 0 Å². The summed E-state index contributed by atoms with van der Waals surface area (Å²) < 4.78 is 6.29. The molecule has 174 valence electrons. The first kappa shape index (κ1) is 22.8. The quantitative estimate of drug-likeness (QED) is 0.311. The molecule has 7 nitrogen and oxygen atoms in total. The average molecular weight is 504 g/mol. The number of fused-ring (bicyclic) bond motifs is 2. The molecular formula is C26H18ClN3O4S. The molecule has 35 heavy (non-hydrogen) atoms. The minimum atomic E-state index is -0.662. The lowest BCUT2D eigenvalue weighted by Gasteiger charge is -2.10. The number of rotatable bonds is 5. The van der Waals surface area contributed by atoms with Crippen molar-refractivity contribution < 1.29 is 14.3 Å². The number of anilines is 1. The van der Waals surface area contributed by atoms with Crippen molar-refractivity contribution in [1.82, 2.24) is 9.78 Å². The summed E-state index contributed by atoms with van der Waals surface area (Å²) in [6, 6.07) is 19.5. The van der Waals surface area contributed by atoms with Gasteiger partial charge in [-0.15, -0.1) is 11.3 Å². The van der Waals surface area contributed by atoms with E-state index in [1.807, 2.05) is 30.3 Å². The zero-order valence-electron chi connectivity index (χ0n) is 18.4. The molecule has 0 fully saturated rings. The van der Waals surface area contributed by atoms with Gasteiger partial charge >= 0.3 is 5.97 Å². The number of esters is 1. The van der Waals surface area contributed by atoms with Crippen LogP contribution in [0.3, 0.4) is 0 Å². The van der Waals surface area contributed by atoms with E-state index in [0.717, 1.165) is 26.8 Å². The van der Waals surface area contributed by atoms with Gasteiger partial charge in [0.25, 0.3) is 11.5 Å². The van der Waals surface area contributed by atoms with Crippen LogP contribution in [0.2, 0.25) is 5.02 Å². The van der Waals surface area contributed by atoms with Crippen molar-refractivity contribution in [3.8, 4) is 5.69 Å². The molecule has 1 N–H and O–H groups in total. The third kappa shape index (κ3) is 4.18. The Kier molecular flexibility index (Phi) is 6.07. The molecule has 0 atom stereocenters. The summed E-state index contributed by atoms with van der Waals surface area (Å²) in [6.45, 7) is 1.84. The molecule has 0 saturated carbocycles. The maximum Gasteiger partial charge on any atom is 0.359 e. The smallest absolute Gasteiger partial charge is 0.359 e. The molecule has 5 rings (SSSR count). The SMILES string of the molecule is CCOC(=O)c1nn(-c2ccc(Cl)cc2)c(=O)c2c(NC(=O)c3cccc4ccccc34)scc12. The molecular weight excluding hydrogens is 486 g/mol. The van der Waals surface area contributed by atoms with Gasteiger partial charge in [0.2, 0.25) is 0 Å². The monoisotopic (exact) mass is 503 g/mol. The minimum Gasteiger partial charge on any atom is -0.461 e. The summed E-state index contributed by atoms with van der Waals surface area (Å²) >= 11 is 7.14. The van der Waals surface area contributed by atoms with Crippen LogP contribution in [0.15, 0.2) is 76.9 Å². The van der Waals surface area contributed by atoms with Crippen molar-refractivity contribution in [1.29, 1.82) is 0 Å². The van der Waals surface area contributed by atoms with Crippen LogP contribution in [0.4, 0.5) is 5.00 Å². The number of carbonyl (C=O) groups is 2. The normalized spacial score (nSPS) is 11.0. The first-order valence-electron chi connectivity index (χ1n) is 10.7. The standard InChI is InChI=1S/C26H18ClN3O4S/c1-2-34-26(33)22-20-14-35-24(21(20)25(32)30(29-22)17-12-10-16(27)11-13-17)28-23(31)19-9-5-7-15-6-3-4-8-18(15)19/h3-14H,2H2,1H3,(H,28,31). The van der Waals surface area contributed by atoms with Crippen molar-refractivity contribution in [2.75, 3.05) is 11.9 Å². The van der Waals surface area contributed by atoms with Gasteiger partial charge in [0.15, 0.2) is 5.69 Å². The van der Waals surface area contributed by atoms with Gasteiger partial charge < -0.3 is 10.1 Å². The molecule has 0 aliphatic heterocycles. The summed E-state index contributed by atoms with van der Waals surface area (Å²) in [4.78, 5) is 39.5. The molecule has 2 heterocycles. The van der Waals surface area contributed by atoms with E-state index in [0.29, 0.717) is 26.7 Å². The van der Waals surface area contributed by atoms with Gasteiger partial charge in [-0.3, -0.25) is 9.59 Å². The lowest BCUT2D eigenvalue weighted by atomic mass is 10.0. The van der Waals surface area contributed by atoms with Gasteiger partial charge in [-0.05, 0) is 48.0 Å². The number of aromatic nitrogens is 2. The van der Waals surface area contributed by atoms with Crippen LogP contribution in [0.25, 0.3) is 27.2 Å². The Morgan fingerprint density at radius 2 is 1.77 bits per heavy atom. The number of halogens is 1. The molecule has 0 radical (unpaired) electrons. The molecule has 5 aromatic rings. The lowest BCUT2D eigenvalue weighted by Crippen LogP contribution is -2.25. The molecule has 0 saturated heterocycles. The summed E-state index contributed by atoms with van der Waals surface area (Å²) in [5.74, 6) is -1.03. The molecule has 0 unspecified atom stereocenters. The van der Waals surface area contributed by atoms with Crippen LogP contribution in [0, 0.1) is 0 Å². The van der Waals surface area contributed by atoms with E-state index < -0.39 is 11.5 Å². The lowest BCUT2D eigenvalue weighted by molar-refractivity contribution is 0.0520. The zero-order valence-corrected chi connectivity index (χ0v) is 20.0. The van der Waals surface area contributed by atoms with Crippen molar-refractivity contribution >= 4 is 61.4 Å². The fourth-order valence-electron chi connectivity index (χ4n) is 3.84. The van der Waals surface area contributed by atoms with E-state index in [1.54, 1.807) is 48.7 Å². The second-order valence-corrected chi connectivity index (χ2v) is 8.91. The second-order valence-electron chi connectivity index (χ2n) is 7.60. The summed E-state index contributed by atoms with van der Waals surface area (Å²) in [6.07, 6.45) is 0. The highest BCUT2D eigenvalue weighted by atomic mass is 35.5. The Morgan fingerprint density at radius 3 is 2.54 bits per heavy atom. The van der Waals surface area contributed by atoms with Gasteiger partial charge in [-0.25, -0.2) is 4.79 Å². The predicted molar refractivity (Wildman–Crippen MR) is 138 cm³/mol. The zero-order chi connectivity index (χ0) is 24.5. The number of nitrogens with zero attached hydrogens (tertiary/aromatic N) is 2. The first-order valence-corrected chi connectivity index (χ1v) is 12.0. The molecule has 3 aromatic carbocycles. The number of hydrogen-bond donors (Lipinski definition) is 1. The first-order chi connectivity index (χ1) is 17.0. The Labute approximate surface area is 208 Å². The number of benzene rings is 3. The van der Waals surface area contributed by atoms with Crippen molar-refractivity contribution in [2.45, 2.75) is 6.92 Å². The van der Waals surface area contributed by atoms with E-state index in [9.17, 15) is 14.4 Å². The number of nitrogens with one attached hydrogen (secondary N) is 1. The van der Waals surface area contributed by atoms with Gasteiger partial charge in [0, 0.05) is 21.4 Å². The van der Waals surface area contributed by atoms with Gasteiger partial charge in [0.05, 0.1) is 17.7 Å². The van der Waals surface area contributed by atoms with E-state index in [2.05, 4.69) is 10.4 Å². The average Bonchev–Trinajstić information content (AvgIpc) is 3.28. The number of hydrogen-bond acceptors (Lipinski definition) is 6. The van der Waals surface area contributed by atoms with Crippen LogP contribution in [-0.4, -0.2) is 28.3 Å². The van der Waals surface area contributed by atoms with Crippen LogP contribution in [0.5, 0.6) is 0 Å². The van der Waals surface area contributed by atoms with E-state index >= 15 is 0 Å². The summed E-state index contributed by atoms with van der Waals surface area (Å²) in [5, 5.41) is 11.8. The molecule has 2 aromatic heterocycles. The molecule has 0 aliphatic rings. The fraction of sp³-hybridized carbons (Fsp3) is 0.0769. The maximum absolute atomic E-state index is 13.5. The van der Waals surface area contributed by atoms with Gasteiger partial charge in [-0.1, -0.05) is 48.0 Å². The molecule has 0 aliphatic carbocycles. The van der Waals surface area contributed by atoms with Crippen LogP contribution in [-0.2, 0) is 4.74 Å². The summed E-state index contributed by atoms with van der Waals surface area (Å²) in [7, 11) is 0. The third-order valence-electron chi connectivity index (χ3n) is 5.45. The van der Waals surface area contributed by atoms with Crippen molar-refractivity contribution in [3.63, 3.8) is 0 Å². The van der Waals surface area contributed by atoms with Gasteiger partial charge in [-0.2, -0.15) is 9.78 Å². The highest BCUT2D eigenvalue weighted by Crippen LogP contribution is 2.31. The van der Waals surface area contributed by atoms with Crippen molar-refractivity contribution in [3.05, 3.63) is 98.7 Å². The van der Waals surface area contributed by atoms with Gasteiger partial charge in [0.1, 0.15) is 5.00 Å². The summed E-state index contributed by atoms with van der Waals surface area (Å²) in [5.41, 5.74) is 0.398. The van der Waals surface area contributed by atoms with Crippen LogP contribution in [0.1, 0.15) is 27.8 Å². The van der Waals surface area contributed by atoms with Crippen molar-refractivity contribution in [2.24, 2.45) is 0 Å². The van der Waals surface area contributed by atoms with Crippen LogP contribution >= 0.6 is 22.9 Å². The Hall–Kier alpha value is -4.01. The number of carbonyl (C=O) groups excluding carboxylic acids is 2. The van der Waals surface area contributed by atoms with E-state index in [4.69, 9.17) is 16.3 Å². The number of thiophene rings is 1. The third-order valence-corrected chi connectivity index (χ3v) is 6.60. The minimum absolute atomic E-state index is 0.0155. The highest BCUT2D eigenvalue weighted by molar-refractivity contribution is 7.16. The Bertz CT molecular complexity index is 1650. The topological polar surface area (TPSA) is 90.3 Å². The fourth-order valence-corrected chi connectivity index (χ4v) is 4.90. The maximum atomic E-state index is 13.5. The Balaban J connectivity index is 1.66. The molecule has 0 bridgehead atoms. The van der Waals surface area contributed by atoms with Crippen LogP contribution < -0.4 is 10.9 Å². The largest absolute Gasteiger partial charge is 0.461 e. The number of ether oxygens (including phenoxy) is 1. The molecule has 9 heteroatoms. The predicted octanol–water partition coefficient (Wildman–Crippen LogP) is 5.68.